The molecule has 5 rings (SSSR count). The van der Waals surface area contributed by atoms with E-state index < -0.39 is 11.6 Å². The van der Waals surface area contributed by atoms with Crippen LogP contribution in [0.2, 0.25) is 0 Å². The van der Waals surface area contributed by atoms with Crippen molar-refractivity contribution in [1.29, 1.82) is 0 Å². The fourth-order valence-electron chi connectivity index (χ4n) is 4.91. The Balaban J connectivity index is 1.38. The molecule has 2 saturated heterocycles. The second-order valence-electron chi connectivity index (χ2n) is 8.82. The van der Waals surface area contributed by atoms with Crippen LogP contribution >= 0.6 is 0 Å². The van der Waals surface area contributed by atoms with Crippen molar-refractivity contribution in [2.24, 2.45) is 7.05 Å². The molecule has 0 unspecified atom stereocenters. The lowest BCUT2D eigenvalue weighted by atomic mass is 9.91. The van der Waals surface area contributed by atoms with Crippen molar-refractivity contribution in [2.45, 2.75) is 38.1 Å². The number of likely N-dealkylation sites (tertiary alicyclic amines) is 1. The number of nitrogens with zero attached hydrogens (tertiary/aromatic N) is 6. The van der Waals surface area contributed by atoms with E-state index in [-0.39, 0.29) is 5.92 Å². The van der Waals surface area contributed by atoms with E-state index in [1.165, 1.54) is 12.8 Å². The predicted molar refractivity (Wildman–Crippen MR) is 119 cm³/mol. The second kappa shape index (κ2) is 8.94. The fourth-order valence-corrected chi connectivity index (χ4v) is 4.91. The molecule has 4 heterocycles. The molecule has 2 aromatic heterocycles. The summed E-state index contributed by atoms with van der Waals surface area (Å²) < 4.78 is 29.7. The van der Waals surface area contributed by atoms with Crippen molar-refractivity contribution in [2.75, 3.05) is 31.1 Å². The van der Waals surface area contributed by atoms with E-state index in [9.17, 15) is 8.78 Å². The quantitative estimate of drug-likeness (QED) is 0.599. The van der Waals surface area contributed by atoms with Crippen molar-refractivity contribution in [3.63, 3.8) is 0 Å². The van der Waals surface area contributed by atoms with E-state index in [1.54, 1.807) is 12.1 Å². The first-order chi connectivity index (χ1) is 15.6. The maximum Gasteiger partial charge on any atom is 0.225 e. The van der Waals surface area contributed by atoms with Gasteiger partial charge in [-0.15, -0.1) is 0 Å². The highest BCUT2D eigenvalue weighted by molar-refractivity contribution is 5.63. The summed E-state index contributed by atoms with van der Waals surface area (Å²) in [5.74, 6) is -0.548. The van der Waals surface area contributed by atoms with Crippen LogP contribution in [0, 0.1) is 11.6 Å². The molecule has 0 saturated carbocycles. The van der Waals surface area contributed by atoms with Crippen LogP contribution in [-0.2, 0) is 13.6 Å². The Hall–Kier alpha value is -2.87. The summed E-state index contributed by atoms with van der Waals surface area (Å²) in [6, 6.07) is 6.34. The smallest absolute Gasteiger partial charge is 0.225 e. The van der Waals surface area contributed by atoms with Crippen molar-refractivity contribution >= 4 is 5.95 Å². The molecule has 3 aromatic rings. The summed E-state index contributed by atoms with van der Waals surface area (Å²) >= 11 is 0. The predicted octanol–water partition coefficient (Wildman–Crippen LogP) is 4.14. The Morgan fingerprint density at radius 1 is 1.06 bits per heavy atom. The van der Waals surface area contributed by atoms with E-state index in [0.29, 0.717) is 12.1 Å². The summed E-state index contributed by atoms with van der Waals surface area (Å²) in [4.78, 5) is 13.8. The fraction of sp³-hybridized carbons (Fsp3) is 0.458. The molecule has 2 fully saturated rings. The number of aromatic nitrogens is 4. The third kappa shape index (κ3) is 4.24. The summed E-state index contributed by atoms with van der Waals surface area (Å²) in [5.41, 5.74) is 3.33. The molecule has 1 atom stereocenters. The topological polar surface area (TPSA) is 50.1 Å². The van der Waals surface area contributed by atoms with Crippen molar-refractivity contribution in [3.8, 4) is 11.3 Å². The highest BCUT2D eigenvalue weighted by Gasteiger charge is 2.28. The number of aryl methyl sites for hydroxylation is 1. The number of piperidine rings is 1. The molecule has 2 aliphatic heterocycles. The van der Waals surface area contributed by atoms with Gasteiger partial charge in [-0.2, -0.15) is 5.10 Å². The zero-order chi connectivity index (χ0) is 22.1. The first kappa shape index (κ1) is 21.0. The highest BCUT2D eigenvalue weighted by Crippen LogP contribution is 2.34. The summed E-state index contributed by atoms with van der Waals surface area (Å²) in [6.45, 7) is 4.01. The van der Waals surface area contributed by atoms with Gasteiger partial charge in [0.25, 0.3) is 0 Å². The molecule has 0 spiro atoms. The molecule has 1 aromatic carbocycles. The maximum absolute atomic E-state index is 14.2. The van der Waals surface area contributed by atoms with Gasteiger partial charge in [-0.3, -0.25) is 9.58 Å². The SMILES string of the molecule is Cn1cc(-c2ccnc(N3CCCC3)n2)c([C@H]2CCCN(Cc3cccc(F)c3F)C2)n1. The zero-order valence-electron chi connectivity index (χ0n) is 18.3. The van der Waals surface area contributed by atoms with Crippen LogP contribution in [0.4, 0.5) is 14.7 Å². The van der Waals surface area contributed by atoms with Crippen LogP contribution < -0.4 is 4.90 Å². The third-order valence-electron chi connectivity index (χ3n) is 6.48. The normalized spacial score (nSPS) is 19.6. The zero-order valence-corrected chi connectivity index (χ0v) is 18.3. The number of anilines is 1. The summed E-state index contributed by atoms with van der Waals surface area (Å²) in [7, 11) is 1.93. The minimum absolute atomic E-state index is 0.210. The lowest BCUT2D eigenvalue weighted by molar-refractivity contribution is 0.195. The van der Waals surface area contributed by atoms with Gasteiger partial charge >= 0.3 is 0 Å². The first-order valence-corrected chi connectivity index (χ1v) is 11.4. The average molecular weight is 439 g/mol. The van der Waals surface area contributed by atoms with Gasteiger partial charge in [-0.05, 0) is 44.4 Å². The second-order valence-corrected chi connectivity index (χ2v) is 8.82. The van der Waals surface area contributed by atoms with Gasteiger partial charge < -0.3 is 4.90 Å². The molecule has 32 heavy (non-hydrogen) atoms. The minimum atomic E-state index is -0.791. The molecule has 0 N–H and O–H groups in total. The van der Waals surface area contributed by atoms with Gasteiger partial charge in [-0.1, -0.05) is 12.1 Å². The van der Waals surface area contributed by atoms with Crippen LogP contribution in [0.3, 0.4) is 0 Å². The molecular weight excluding hydrogens is 410 g/mol. The van der Waals surface area contributed by atoms with E-state index >= 15 is 0 Å². The van der Waals surface area contributed by atoms with Crippen LogP contribution in [-0.4, -0.2) is 50.8 Å². The first-order valence-electron chi connectivity index (χ1n) is 11.4. The molecule has 0 amide bonds. The number of benzene rings is 1. The van der Waals surface area contributed by atoms with Crippen molar-refractivity contribution < 1.29 is 8.78 Å². The molecule has 6 nitrogen and oxygen atoms in total. The van der Waals surface area contributed by atoms with Gasteiger partial charge in [0.1, 0.15) is 0 Å². The van der Waals surface area contributed by atoms with Gasteiger partial charge in [-0.25, -0.2) is 18.7 Å². The van der Waals surface area contributed by atoms with E-state index in [0.717, 1.165) is 68.0 Å². The van der Waals surface area contributed by atoms with E-state index in [1.807, 2.05) is 30.2 Å². The Morgan fingerprint density at radius 2 is 1.91 bits per heavy atom. The minimum Gasteiger partial charge on any atom is -0.341 e. The third-order valence-corrected chi connectivity index (χ3v) is 6.48. The Labute approximate surface area is 186 Å². The van der Waals surface area contributed by atoms with E-state index in [4.69, 9.17) is 10.1 Å². The van der Waals surface area contributed by atoms with Gasteiger partial charge in [0, 0.05) is 62.7 Å². The molecular formula is C24H28F2N6. The lowest BCUT2D eigenvalue weighted by Gasteiger charge is -2.32. The van der Waals surface area contributed by atoms with Crippen LogP contribution in [0.5, 0.6) is 0 Å². The van der Waals surface area contributed by atoms with Crippen LogP contribution in [0.15, 0.2) is 36.7 Å². The van der Waals surface area contributed by atoms with Crippen molar-refractivity contribution in [3.05, 3.63) is 59.6 Å². The Kier molecular flexibility index (Phi) is 5.87. The van der Waals surface area contributed by atoms with Crippen LogP contribution in [0.25, 0.3) is 11.3 Å². The van der Waals surface area contributed by atoms with Gasteiger partial charge in [0.05, 0.1) is 11.4 Å². The largest absolute Gasteiger partial charge is 0.341 e. The van der Waals surface area contributed by atoms with Gasteiger partial charge in [0.2, 0.25) is 5.95 Å². The van der Waals surface area contributed by atoms with Gasteiger partial charge in [0.15, 0.2) is 11.6 Å². The average Bonchev–Trinajstić information content (AvgIpc) is 3.47. The Morgan fingerprint density at radius 3 is 2.75 bits per heavy atom. The van der Waals surface area contributed by atoms with E-state index in [2.05, 4.69) is 14.8 Å². The number of hydrogen-bond donors (Lipinski definition) is 0. The molecule has 0 aliphatic carbocycles. The Bertz CT molecular complexity index is 1090. The monoisotopic (exact) mass is 438 g/mol. The number of hydrogen-bond acceptors (Lipinski definition) is 5. The molecule has 0 bridgehead atoms. The standard InChI is InChI=1S/C24H28F2N6/c1-30-16-19(21-9-10-27-24(28-21)32-12-2-3-13-32)23(29-30)18-7-5-11-31(15-18)14-17-6-4-8-20(25)22(17)26/h4,6,8-10,16,18H,2-3,5,7,11-15H2,1H3/t18-/m0/s1. The molecule has 168 valence electrons. The summed E-state index contributed by atoms with van der Waals surface area (Å²) in [6.07, 6.45) is 8.20. The summed E-state index contributed by atoms with van der Waals surface area (Å²) in [5, 5.41) is 4.79. The highest BCUT2D eigenvalue weighted by atomic mass is 19.2. The lowest BCUT2D eigenvalue weighted by Crippen LogP contribution is -2.34. The molecule has 8 heteroatoms. The molecule has 2 aliphatic rings. The molecule has 0 radical (unpaired) electrons. The number of halogens is 2. The number of rotatable bonds is 5. The van der Waals surface area contributed by atoms with Crippen LogP contribution in [0.1, 0.15) is 42.9 Å². The maximum atomic E-state index is 14.2. The van der Waals surface area contributed by atoms with Crippen molar-refractivity contribution in [1.82, 2.24) is 24.6 Å².